The van der Waals surface area contributed by atoms with Gasteiger partial charge < -0.3 is 4.90 Å². The Morgan fingerprint density at radius 1 is 1.62 bits per heavy atom. The van der Waals surface area contributed by atoms with Crippen molar-refractivity contribution in [1.29, 1.82) is 0 Å². The predicted molar refractivity (Wildman–Crippen MR) is 66.3 cm³/mol. The Labute approximate surface area is 104 Å². The fourth-order valence-electron chi connectivity index (χ4n) is 1.76. The van der Waals surface area contributed by atoms with Crippen molar-refractivity contribution in [3.05, 3.63) is 28.5 Å². The molecule has 0 spiro atoms. The molecule has 1 heterocycles. The van der Waals surface area contributed by atoms with Gasteiger partial charge in [0.2, 0.25) is 0 Å². The van der Waals surface area contributed by atoms with Gasteiger partial charge in [-0.1, -0.05) is 6.92 Å². The molecule has 0 bridgehead atoms. The van der Waals surface area contributed by atoms with Gasteiger partial charge in [0.15, 0.2) is 0 Å². The molecule has 1 fully saturated rings. The molecule has 1 aromatic rings. The number of hydrogen-bond donors (Lipinski definition) is 0. The molecule has 1 saturated carbocycles. The summed E-state index contributed by atoms with van der Waals surface area (Å²) >= 11 is 3.38. The number of pyridine rings is 1. The second-order valence-electron chi connectivity index (χ2n) is 4.06. The number of rotatable bonds is 4. The molecule has 1 aliphatic carbocycles. The lowest BCUT2D eigenvalue weighted by molar-refractivity contribution is 0.0736. The zero-order valence-corrected chi connectivity index (χ0v) is 10.9. The number of nitrogens with zero attached hydrogens (tertiary/aromatic N) is 2. The maximum atomic E-state index is 12.3. The summed E-state index contributed by atoms with van der Waals surface area (Å²) in [5, 5.41) is 0. The molecule has 1 aromatic heterocycles. The highest BCUT2D eigenvalue weighted by Crippen LogP contribution is 2.29. The quantitative estimate of drug-likeness (QED) is 0.851. The highest BCUT2D eigenvalue weighted by molar-refractivity contribution is 9.10. The van der Waals surface area contributed by atoms with E-state index in [2.05, 4.69) is 27.8 Å². The van der Waals surface area contributed by atoms with Crippen LogP contribution in [0.2, 0.25) is 0 Å². The molecule has 0 atom stereocenters. The minimum atomic E-state index is 0.0526. The van der Waals surface area contributed by atoms with E-state index in [9.17, 15) is 4.79 Å². The van der Waals surface area contributed by atoms with Gasteiger partial charge in [0.25, 0.3) is 5.91 Å². The number of hydrogen-bond acceptors (Lipinski definition) is 2. The number of aromatic nitrogens is 1. The Balaban J connectivity index is 2.19. The van der Waals surface area contributed by atoms with Crippen LogP contribution in [-0.4, -0.2) is 28.4 Å². The smallest absolute Gasteiger partial charge is 0.273 e. The van der Waals surface area contributed by atoms with E-state index in [1.807, 2.05) is 17.0 Å². The number of amides is 1. The average molecular weight is 283 g/mol. The molecule has 0 unspecified atom stereocenters. The minimum Gasteiger partial charge on any atom is -0.334 e. The van der Waals surface area contributed by atoms with Gasteiger partial charge in [-0.15, -0.1) is 0 Å². The van der Waals surface area contributed by atoms with E-state index in [0.29, 0.717) is 11.7 Å². The molecular weight excluding hydrogens is 268 g/mol. The third-order valence-electron chi connectivity index (χ3n) is 2.67. The fraction of sp³-hybridized carbons (Fsp3) is 0.500. The lowest BCUT2D eigenvalue weighted by atomic mass is 10.3. The molecule has 0 aliphatic heterocycles. The predicted octanol–water partition coefficient (Wildman–Crippen LogP) is 2.86. The van der Waals surface area contributed by atoms with Crippen LogP contribution in [-0.2, 0) is 0 Å². The van der Waals surface area contributed by atoms with Gasteiger partial charge >= 0.3 is 0 Å². The molecule has 1 amide bonds. The Morgan fingerprint density at radius 3 is 2.94 bits per heavy atom. The molecule has 4 heteroatoms. The van der Waals surface area contributed by atoms with E-state index in [4.69, 9.17) is 0 Å². The summed E-state index contributed by atoms with van der Waals surface area (Å²) < 4.78 is 0.779. The number of carbonyl (C=O) groups is 1. The van der Waals surface area contributed by atoms with E-state index in [-0.39, 0.29) is 5.91 Å². The normalized spacial score (nSPS) is 14.9. The summed E-state index contributed by atoms with van der Waals surface area (Å²) in [4.78, 5) is 18.4. The van der Waals surface area contributed by atoms with Crippen molar-refractivity contribution in [2.45, 2.75) is 32.2 Å². The lowest BCUT2D eigenvalue weighted by Gasteiger charge is -2.21. The molecular formula is C12H15BrN2O. The first-order valence-electron chi connectivity index (χ1n) is 5.65. The van der Waals surface area contributed by atoms with Crippen molar-refractivity contribution in [1.82, 2.24) is 9.88 Å². The summed E-state index contributed by atoms with van der Waals surface area (Å²) in [5.41, 5.74) is 0.530. The van der Waals surface area contributed by atoms with Crippen molar-refractivity contribution in [3.8, 4) is 0 Å². The van der Waals surface area contributed by atoms with E-state index in [0.717, 1.165) is 30.3 Å². The standard InChI is InChI=1S/C12H15BrN2O/c1-2-8-15(9-5-6-9)12(16)11-10(13)4-3-7-14-11/h3-4,7,9H,2,5-6,8H2,1H3. The van der Waals surface area contributed by atoms with Crippen LogP contribution in [0.3, 0.4) is 0 Å². The van der Waals surface area contributed by atoms with Gasteiger partial charge in [0.05, 0.1) is 0 Å². The molecule has 16 heavy (non-hydrogen) atoms. The molecule has 3 nitrogen and oxygen atoms in total. The van der Waals surface area contributed by atoms with Crippen LogP contribution in [0.15, 0.2) is 22.8 Å². The fourth-order valence-corrected chi connectivity index (χ4v) is 2.18. The van der Waals surface area contributed by atoms with E-state index < -0.39 is 0 Å². The number of carbonyl (C=O) groups excluding carboxylic acids is 1. The van der Waals surface area contributed by atoms with Gasteiger partial charge in [-0.05, 0) is 47.3 Å². The molecule has 1 aliphatic rings. The largest absolute Gasteiger partial charge is 0.334 e. The third-order valence-corrected chi connectivity index (χ3v) is 3.31. The summed E-state index contributed by atoms with van der Waals surface area (Å²) in [6.45, 7) is 2.92. The summed E-state index contributed by atoms with van der Waals surface area (Å²) in [5.74, 6) is 0.0526. The highest BCUT2D eigenvalue weighted by atomic mass is 79.9. The van der Waals surface area contributed by atoms with Gasteiger partial charge in [0, 0.05) is 23.3 Å². The topological polar surface area (TPSA) is 33.2 Å². The van der Waals surface area contributed by atoms with Crippen LogP contribution in [0.25, 0.3) is 0 Å². The Kier molecular flexibility index (Phi) is 3.59. The lowest BCUT2D eigenvalue weighted by Crippen LogP contribution is -2.34. The second kappa shape index (κ2) is 4.95. The first kappa shape index (κ1) is 11.6. The van der Waals surface area contributed by atoms with E-state index in [1.165, 1.54) is 0 Å². The third kappa shape index (κ3) is 2.43. The number of halogens is 1. The Bertz CT molecular complexity index is 390. The van der Waals surface area contributed by atoms with Crippen molar-refractivity contribution >= 4 is 21.8 Å². The van der Waals surface area contributed by atoms with Crippen LogP contribution in [0, 0.1) is 0 Å². The summed E-state index contributed by atoms with van der Waals surface area (Å²) in [6.07, 6.45) is 4.92. The second-order valence-corrected chi connectivity index (χ2v) is 4.92. The Morgan fingerprint density at radius 2 is 2.38 bits per heavy atom. The monoisotopic (exact) mass is 282 g/mol. The SMILES string of the molecule is CCCN(C(=O)c1ncccc1Br)C1CC1. The van der Waals surface area contributed by atoms with E-state index in [1.54, 1.807) is 6.20 Å². The van der Waals surface area contributed by atoms with Crippen LogP contribution < -0.4 is 0 Å². The summed E-state index contributed by atoms with van der Waals surface area (Å²) in [6, 6.07) is 4.13. The molecule has 0 radical (unpaired) electrons. The molecule has 0 aromatic carbocycles. The van der Waals surface area contributed by atoms with Gasteiger partial charge in [-0.2, -0.15) is 0 Å². The van der Waals surface area contributed by atoms with Crippen LogP contribution in [0.4, 0.5) is 0 Å². The zero-order valence-electron chi connectivity index (χ0n) is 9.32. The van der Waals surface area contributed by atoms with Crippen molar-refractivity contribution < 1.29 is 4.79 Å². The van der Waals surface area contributed by atoms with Crippen molar-refractivity contribution in [2.24, 2.45) is 0 Å². The molecule has 0 N–H and O–H groups in total. The minimum absolute atomic E-state index is 0.0526. The zero-order chi connectivity index (χ0) is 11.5. The highest BCUT2D eigenvalue weighted by Gasteiger charge is 2.33. The van der Waals surface area contributed by atoms with Crippen LogP contribution in [0.1, 0.15) is 36.7 Å². The van der Waals surface area contributed by atoms with Crippen molar-refractivity contribution in [3.63, 3.8) is 0 Å². The van der Waals surface area contributed by atoms with E-state index >= 15 is 0 Å². The maximum Gasteiger partial charge on any atom is 0.273 e. The van der Waals surface area contributed by atoms with Crippen LogP contribution in [0.5, 0.6) is 0 Å². The average Bonchev–Trinajstić information content (AvgIpc) is 3.09. The first-order chi connectivity index (χ1) is 7.74. The first-order valence-corrected chi connectivity index (χ1v) is 6.44. The molecule has 0 saturated heterocycles. The Hall–Kier alpha value is -0.900. The van der Waals surface area contributed by atoms with Crippen LogP contribution >= 0.6 is 15.9 Å². The van der Waals surface area contributed by atoms with Gasteiger partial charge in [-0.3, -0.25) is 4.79 Å². The van der Waals surface area contributed by atoms with Gasteiger partial charge in [0.1, 0.15) is 5.69 Å². The molecule has 86 valence electrons. The summed E-state index contributed by atoms with van der Waals surface area (Å²) in [7, 11) is 0. The maximum absolute atomic E-state index is 12.3. The van der Waals surface area contributed by atoms with Gasteiger partial charge in [-0.25, -0.2) is 4.98 Å². The molecule has 2 rings (SSSR count). The van der Waals surface area contributed by atoms with Crippen molar-refractivity contribution in [2.75, 3.05) is 6.54 Å².